The highest BCUT2D eigenvalue weighted by atomic mass is 35.5. The SMILES string of the molecule is CC(C)C(Cl)CCc1cccc2cccnc12. The first kappa shape index (κ1) is 12.4. The van der Waals surface area contributed by atoms with Crippen LogP contribution >= 0.6 is 11.6 Å². The van der Waals surface area contributed by atoms with Gasteiger partial charge in [0.25, 0.3) is 0 Å². The molecule has 1 nitrogen and oxygen atoms in total. The van der Waals surface area contributed by atoms with E-state index in [0.717, 1.165) is 18.4 Å². The highest BCUT2D eigenvalue weighted by Gasteiger charge is 2.10. The molecule has 2 heteroatoms. The number of fused-ring (bicyclic) bond motifs is 1. The average molecular weight is 248 g/mol. The summed E-state index contributed by atoms with van der Waals surface area (Å²) in [6.07, 6.45) is 3.86. The van der Waals surface area contributed by atoms with Crippen molar-refractivity contribution in [3.63, 3.8) is 0 Å². The van der Waals surface area contributed by atoms with Gasteiger partial charge in [-0.1, -0.05) is 38.1 Å². The highest BCUT2D eigenvalue weighted by molar-refractivity contribution is 6.20. The first-order valence-corrected chi connectivity index (χ1v) is 6.59. The van der Waals surface area contributed by atoms with Crippen LogP contribution in [0.5, 0.6) is 0 Å². The standard InChI is InChI=1S/C15H18ClN/c1-11(2)14(16)9-8-13-6-3-5-12-7-4-10-17-15(12)13/h3-7,10-11,14H,8-9H2,1-2H3. The fraction of sp³-hybridized carbons (Fsp3) is 0.400. The Bertz CT molecular complexity index is 488. The molecule has 0 aliphatic carbocycles. The molecule has 0 spiro atoms. The van der Waals surface area contributed by atoms with E-state index in [2.05, 4.69) is 43.1 Å². The zero-order chi connectivity index (χ0) is 12.3. The predicted molar refractivity (Wildman–Crippen MR) is 74.5 cm³/mol. The van der Waals surface area contributed by atoms with Crippen LogP contribution < -0.4 is 0 Å². The molecule has 0 aliphatic rings. The summed E-state index contributed by atoms with van der Waals surface area (Å²) < 4.78 is 0. The van der Waals surface area contributed by atoms with Gasteiger partial charge >= 0.3 is 0 Å². The van der Waals surface area contributed by atoms with Crippen molar-refractivity contribution in [2.45, 2.75) is 32.1 Å². The third-order valence-corrected chi connectivity index (χ3v) is 3.85. The van der Waals surface area contributed by atoms with E-state index < -0.39 is 0 Å². The molecule has 0 aliphatic heterocycles. The zero-order valence-corrected chi connectivity index (χ0v) is 11.1. The van der Waals surface area contributed by atoms with Crippen molar-refractivity contribution in [1.29, 1.82) is 0 Å². The third-order valence-electron chi connectivity index (χ3n) is 3.13. The summed E-state index contributed by atoms with van der Waals surface area (Å²) in [6.45, 7) is 4.33. The minimum atomic E-state index is 0.244. The summed E-state index contributed by atoms with van der Waals surface area (Å²) in [5.74, 6) is 0.527. The molecule has 0 saturated carbocycles. The van der Waals surface area contributed by atoms with Gasteiger partial charge in [0.05, 0.1) is 5.52 Å². The van der Waals surface area contributed by atoms with E-state index in [1.807, 2.05) is 12.3 Å². The minimum Gasteiger partial charge on any atom is -0.256 e. The van der Waals surface area contributed by atoms with Gasteiger partial charge in [0, 0.05) is 17.0 Å². The zero-order valence-electron chi connectivity index (χ0n) is 10.4. The largest absolute Gasteiger partial charge is 0.256 e. The summed E-state index contributed by atoms with van der Waals surface area (Å²) in [5, 5.41) is 1.45. The van der Waals surface area contributed by atoms with Crippen LogP contribution in [0.4, 0.5) is 0 Å². The molecule has 1 aromatic carbocycles. The second-order valence-electron chi connectivity index (χ2n) is 4.79. The smallest absolute Gasteiger partial charge is 0.0733 e. The number of hydrogen-bond donors (Lipinski definition) is 0. The van der Waals surface area contributed by atoms with E-state index in [0.29, 0.717) is 5.92 Å². The number of nitrogens with zero attached hydrogens (tertiary/aromatic N) is 1. The predicted octanol–water partition coefficient (Wildman–Crippen LogP) is 4.43. The fourth-order valence-corrected chi connectivity index (χ4v) is 2.10. The summed E-state index contributed by atoms with van der Waals surface area (Å²) in [6, 6.07) is 10.4. The van der Waals surface area contributed by atoms with Gasteiger partial charge in [-0.05, 0) is 30.4 Å². The molecule has 0 bridgehead atoms. The lowest BCUT2D eigenvalue weighted by atomic mass is 10.00. The molecule has 0 radical (unpaired) electrons. The Hall–Kier alpha value is -1.08. The molecule has 90 valence electrons. The Morgan fingerprint density at radius 3 is 2.71 bits per heavy atom. The number of hydrogen-bond acceptors (Lipinski definition) is 1. The molecule has 0 amide bonds. The molecule has 0 fully saturated rings. The number of aromatic nitrogens is 1. The van der Waals surface area contributed by atoms with E-state index in [1.54, 1.807) is 0 Å². The van der Waals surface area contributed by atoms with Crippen LogP contribution in [0.2, 0.25) is 0 Å². The first-order valence-electron chi connectivity index (χ1n) is 6.15. The maximum Gasteiger partial charge on any atom is 0.0733 e. The average Bonchev–Trinajstić information content (AvgIpc) is 2.35. The maximum atomic E-state index is 6.30. The monoisotopic (exact) mass is 247 g/mol. The molecule has 17 heavy (non-hydrogen) atoms. The molecule has 0 N–H and O–H groups in total. The van der Waals surface area contributed by atoms with Crippen molar-refractivity contribution in [3.05, 3.63) is 42.1 Å². The normalized spacial score (nSPS) is 13.2. The van der Waals surface area contributed by atoms with Crippen molar-refractivity contribution < 1.29 is 0 Å². The molecule has 1 heterocycles. The molecule has 1 unspecified atom stereocenters. The third kappa shape index (κ3) is 2.98. The van der Waals surface area contributed by atoms with Crippen LogP contribution in [-0.4, -0.2) is 10.4 Å². The van der Waals surface area contributed by atoms with Crippen LogP contribution in [-0.2, 0) is 6.42 Å². The number of pyridine rings is 1. The summed E-state index contributed by atoms with van der Waals surface area (Å²) in [7, 11) is 0. The molecular formula is C15H18ClN. The van der Waals surface area contributed by atoms with E-state index in [-0.39, 0.29) is 5.38 Å². The van der Waals surface area contributed by atoms with Crippen LogP contribution in [0, 0.1) is 5.92 Å². The Balaban J connectivity index is 2.19. The molecular weight excluding hydrogens is 230 g/mol. The fourth-order valence-electron chi connectivity index (χ4n) is 2.00. The number of aryl methyl sites for hydroxylation is 1. The number of para-hydroxylation sites is 1. The van der Waals surface area contributed by atoms with E-state index in [1.165, 1.54) is 10.9 Å². The van der Waals surface area contributed by atoms with E-state index in [4.69, 9.17) is 11.6 Å². The van der Waals surface area contributed by atoms with Crippen molar-refractivity contribution in [1.82, 2.24) is 4.98 Å². The lowest BCUT2D eigenvalue weighted by Gasteiger charge is -2.13. The molecule has 2 aromatic rings. The summed E-state index contributed by atoms with van der Waals surface area (Å²) in [4.78, 5) is 4.46. The van der Waals surface area contributed by atoms with Gasteiger partial charge in [-0.25, -0.2) is 0 Å². The van der Waals surface area contributed by atoms with Gasteiger partial charge in [0.1, 0.15) is 0 Å². The van der Waals surface area contributed by atoms with Gasteiger partial charge in [-0.15, -0.1) is 11.6 Å². The topological polar surface area (TPSA) is 12.9 Å². The van der Waals surface area contributed by atoms with Crippen LogP contribution in [0.3, 0.4) is 0 Å². The number of alkyl halides is 1. The van der Waals surface area contributed by atoms with Gasteiger partial charge < -0.3 is 0 Å². The first-order chi connectivity index (χ1) is 8.18. The minimum absolute atomic E-state index is 0.244. The number of benzene rings is 1. The summed E-state index contributed by atoms with van der Waals surface area (Å²) in [5.41, 5.74) is 2.41. The molecule has 1 aromatic heterocycles. The lowest BCUT2D eigenvalue weighted by Crippen LogP contribution is -2.09. The number of rotatable bonds is 4. The second kappa shape index (κ2) is 5.50. The maximum absolute atomic E-state index is 6.30. The van der Waals surface area contributed by atoms with Gasteiger partial charge in [0.15, 0.2) is 0 Å². The van der Waals surface area contributed by atoms with Crippen LogP contribution in [0.25, 0.3) is 10.9 Å². The van der Waals surface area contributed by atoms with Crippen molar-refractivity contribution in [2.24, 2.45) is 5.92 Å². The van der Waals surface area contributed by atoms with Crippen LogP contribution in [0.1, 0.15) is 25.8 Å². The number of halogens is 1. The molecule has 0 saturated heterocycles. The second-order valence-corrected chi connectivity index (χ2v) is 5.35. The van der Waals surface area contributed by atoms with Gasteiger partial charge in [-0.3, -0.25) is 4.98 Å². The molecule has 1 atom stereocenters. The highest BCUT2D eigenvalue weighted by Crippen LogP contribution is 2.21. The van der Waals surface area contributed by atoms with E-state index >= 15 is 0 Å². The molecule has 2 rings (SSSR count). The summed E-state index contributed by atoms with van der Waals surface area (Å²) >= 11 is 6.30. The Morgan fingerprint density at radius 1 is 1.18 bits per heavy atom. The Morgan fingerprint density at radius 2 is 1.94 bits per heavy atom. The Kier molecular flexibility index (Phi) is 4.01. The van der Waals surface area contributed by atoms with Gasteiger partial charge in [0.2, 0.25) is 0 Å². The van der Waals surface area contributed by atoms with Crippen LogP contribution in [0.15, 0.2) is 36.5 Å². The van der Waals surface area contributed by atoms with E-state index in [9.17, 15) is 0 Å². The quantitative estimate of drug-likeness (QED) is 0.729. The van der Waals surface area contributed by atoms with Crippen molar-refractivity contribution >= 4 is 22.5 Å². The Labute approximate surface area is 108 Å². The lowest BCUT2D eigenvalue weighted by molar-refractivity contribution is 0.566. The van der Waals surface area contributed by atoms with Crippen molar-refractivity contribution in [3.8, 4) is 0 Å². The van der Waals surface area contributed by atoms with Gasteiger partial charge in [-0.2, -0.15) is 0 Å². The van der Waals surface area contributed by atoms with Crippen molar-refractivity contribution in [2.75, 3.05) is 0 Å².